The number of aromatic nitrogens is 4. The van der Waals surface area contributed by atoms with Crippen molar-refractivity contribution in [2.75, 3.05) is 0 Å². The van der Waals surface area contributed by atoms with Crippen molar-refractivity contribution < 1.29 is 28.4 Å². The van der Waals surface area contributed by atoms with E-state index in [0.717, 1.165) is 0 Å². The number of phosphoric acid groups is 1. The van der Waals surface area contributed by atoms with Gasteiger partial charge in [0.1, 0.15) is 33.5 Å². The monoisotopic (exact) mass is 438 g/mol. The molecule has 13 heteroatoms. The van der Waals surface area contributed by atoms with Crippen LogP contribution in [0.25, 0.3) is 11.4 Å². The molecule has 0 aliphatic heterocycles. The summed E-state index contributed by atoms with van der Waals surface area (Å²) >= 11 is 0. The molecule has 10 nitrogen and oxygen atoms in total. The van der Waals surface area contributed by atoms with Crippen LogP contribution in [0.5, 0.6) is 11.5 Å². The van der Waals surface area contributed by atoms with Gasteiger partial charge in [-0.15, -0.1) is 0 Å². The van der Waals surface area contributed by atoms with Gasteiger partial charge < -0.3 is 9.26 Å². The molecule has 2 N–H and O–H groups in total. The minimum Gasteiger partial charge on any atom is -0.502 e. The lowest BCUT2D eigenvalue weighted by atomic mass is 9.60. The summed E-state index contributed by atoms with van der Waals surface area (Å²) in [6.07, 6.45) is 4.60. The number of hydrogen-bond acceptors (Lipinski definition) is 7. The van der Waals surface area contributed by atoms with Crippen molar-refractivity contribution in [1.82, 2.24) is 19.7 Å². The average molecular weight is 438 g/mol. The Bertz CT molecular complexity index is 1150. The molecule has 3 rings (SSSR count). The van der Waals surface area contributed by atoms with Crippen LogP contribution in [0.2, 0.25) is 0 Å². The standard InChI is InChI=1S/C18H17B2N4O6P/c1-11(2)24-14(6-7-23-24)17-13(8-21-10-22-17)18(19,20)29-15-4-3-5-16(12(15)9-25)30-31(26,27)28/h3-11H,1-2H3,(H2,26,27,28). The third kappa shape index (κ3) is 5.04. The van der Waals surface area contributed by atoms with E-state index < -0.39 is 13.2 Å². The topological polar surface area (TPSA) is 137 Å². The zero-order valence-electron chi connectivity index (χ0n) is 16.6. The van der Waals surface area contributed by atoms with Gasteiger partial charge in [-0.05, 0) is 32.0 Å². The number of carbonyl (C=O) groups excluding carboxylic acids is 1. The summed E-state index contributed by atoms with van der Waals surface area (Å²) in [6, 6.07) is 5.66. The summed E-state index contributed by atoms with van der Waals surface area (Å²) in [5.41, 5.74) is 0.888. The van der Waals surface area contributed by atoms with E-state index in [9.17, 15) is 9.36 Å². The molecule has 31 heavy (non-hydrogen) atoms. The van der Waals surface area contributed by atoms with Crippen molar-refractivity contribution in [2.24, 2.45) is 0 Å². The molecular formula is C18H17B2N4O6P. The second-order valence-electron chi connectivity index (χ2n) is 6.80. The van der Waals surface area contributed by atoms with Crippen LogP contribution in [-0.4, -0.2) is 51.5 Å². The molecule has 2 aromatic heterocycles. The van der Waals surface area contributed by atoms with Gasteiger partial charge in [-0.25, -0.2) is 14.5 Å². The molecule has 0 amide bonds. The second-order valence-corrected chi connectivity index (χ2v) is 7.97. The lowest BCUT2D eigenvalue weighted by Crippen LogP contribution is -2.35. The van der Waals surface area contributed by atoms with E-state index in [-0.39, 0.29) is 28.7 Å². The molecule has 0 bridgehead atoms. The smallest absolute Gasteiger partial charge is 0.502 e. The number of hydrogen-bond donors (Lipinski definition) is 2. The zero-order valence-corrected chi connectivity index (χ0v) is 17.5. The van der Waals surface area contributed by atoms with Gasteiger partial charge in [0.05, 0.1) is 22.4 Å². The zero-order chi connectivity index (χ0) is 22.8. The van der Waals surface area contributed by atoms with Gasteiger partial charge in [-0.2, -0.15) is 5.10 Å². The third-order valence-electron chi connectivity index (χ3n) is 4.18. The van der Waals surface area contributed by atoms with Crippen LogP contribution in [0.4, 0.5) is 0 Å². The van der Waals surface area contributed by atoms with E-state index in [4.69, 9.17) is 30.2 Å². The Morgan fingerprint density at radius 2 is 1.94 bits per heavy atom. The maximum atomic E-state index is 11.6. The summed E-state index contributed by atoms with van der Waals surface area (Å²) in [5, 5.41) is 2.24. The van der Waals surface area contributed by atoms with Crippen LogP contribution in [-0.2, 0) is 9.96 Å². The Balaban J connectivity index is 2.05. The molecule has 0 fully saturated rings. The number of phosphoric ester groups is 1. The van der Waals surface area contributed by atoms with E-state index >= 15 is 0 Å². The van der Waals surface area contributed by atoms with Crippen LogP contribution < -0.4 is 9.26 Å². The quantitative estimate of drug-likeness (QED) is 0.306. The largest absolute Gasteiger partial charge is 0.524 e. The predicted octanol–water partition coefficient (Wildman–Crippen LogP) is 1.73. The highest BCUT2D eigenvalue weighted by molar-refractivity contribution is 7.46. The molecule has 2 heterocycles. The van der Waals surface area contributed by atoms with Crippen molar-refractivity contribution in [2.45, 2.75) is 25.3 Å². The average Bonchev–Trinajstić information content (AvgIpc) is 3.17. The van der Waals surface area contributed by atoms with E-state index in [1.165, 1.54) is 30.7 Å². The fourth-order valence-electron chi connectivity index (χ4n) is 2.91. The minimum atomic E-state index is -4.92. The van der Waals surface area contributed by atoms with Crippen molar-refractivity contribution >= 4 is 29.8 Å². The molecule has 4 radical (unpaired) electrons. The Hall–Kier alpha value is -2.94. The summed E-state index contributed by atoms with van der Waals surface area (Å²) in [7, 11) is 7.56. The summed E-state index contributed by atoms with van der Waals surface area (Å²) < 4.78 is 23.1. The van der Waals surface area contributed by atoms with Gasteiger partial charge in [0, 0.05) is 24.0 Å². The van der Waals surface area contributed by atoms with Crippen LogP contribution >= 0.6 is 7.82 Å². The molecule has 1 aromatic carbocycles. The van der Waals surface area contributed by atoms with E-state index in [1.807, 2.05) is 13.8 Å². The number of carbonyl (C=O) groups is 1. The maximum absolute atomic E-state index is 11.6. The van der Waals surface area contributed by atoms with Gasteiger partial charge in [-0.3, -0.25) is 19.3 Å². The molecule has 0 aliphatic carbocycles. The highest BCUT2D eigenvalue weighted by Gasteiger charge is 2.30. The van der Waals surface area contributed by atoms with Crippen LogP contribution in [0.3, 0.4) is 0 Å². The van der Waals surface area contributed by atoms with Gasteiger partial charge >= 0.3 is 7.82 Å². The second kappa shape index (κ2) is 8.66. The fraction of sp³-hybridized carbons (Fsp3) is 0.222. The van der Waals surface area contributed by atoms with Crippen molar-refractivity contribution in [3.8, 4) is 22.9 Å². The molecule has 156 valence electrons. The van der Waals surface area contributed by atoms with Crippen LogP contribution in [0, 0.1) is 0 Å². The molecular weight excluding hydrogens is 421 g/mol. The Labute approximate surface area is 180 Å². The first-order chi connectivity index (χ1) is 14.5. The number of nitrogens with zero attached hydrogens (tertiary/aromatic N) is 4. The van der Waals surface area contributed by atoms with Gasteiger partial charge in [0.25, 0.3) is 0 Å². The lowest BCUT2D eigenvalue weighted by Gasteiger charge is -2.30. The molecule has 0 saturated carbocycles. The number of aldehydes is 1. The van der Waals surface area contributed by atoms with Crippen molar-refractivity contribution in [3.63, 3.8) is 0 Å². The number of benzene rings is 1. The first kappa shape index (κ1) is 22.7. The minimum absolute atomic E-state index is 0.0156. The highest BCUT2D eigenvalue weighted by atomic mass is 31.2. The fourth-order valence-corrected chi connectivity index (χ4v) is 3.32. The Kier molecular flexibility index (Phi) is 6.35. The number of ether oxygens (including phenoxy) is 1. The number of rotatable bonds is 8. The summed E-state index contributed by atoms with van der Waals surface area (Å²) in [4.78, 5) is 38.0. The van der Waals surface area contributed by atoms with Gasteiger partial charge in [0.15, 0.2) is 6.29 Å². The SMILES string of the molecule is [B]C([B])(Oc1cccc(OP(=O)(O)O)c1C=O)c1cncnc1-c1ccnn1C(C)C. The Morgan fingerprint density at radius 3 is 2.58 bits per heavy atom. The molecule has 0 aliphatic rings. The highest BCUT2D eigenvalue weighted by Crippen LogP contribution is 2.41. The van der Waals surface area contributed by atoms with E-state index in [1.54, 1.807) is 16.9 Å². The molecule has 0 atom stereocenters. The Morgan fingerprint density at radius 1 is 1.23 bits per heavy atom. The molecule has 0 unspecified atom stereocenters. The normalized spacial score (nSPS) is 12.0. The summed E-state index contributed by atoms with van der Waals surface area (Å²) in [6.45, 7) is 3.88. The van der Waals surface area contributed by atoms with Crippen molar-refractivity contribution in [1.29, 1.82) is 0 Å². The maximum Gasteiger partial charge on any atom is 0.524 e. The van der Waals surface area contributed by atoms with Crippen molar-refractivity contribution in [3.05, 3.63) is 54.1 Å². The molecule has 0 spiro atoms. The summed E-state index contributed by atoms with van der Waals surface area (Å²) in [5.74, 6) is -0.544. The molecule has 0 saturated heterocycles. The third-order valence-corrected chi connectivity index (χ3v) is 4.61. The lowest BCUT2D eigenvalue weighted by molar-refractivity contribution is 0.111. The van der Waals surface area contributed by atoms with E-state index in [0.29, 0.717) is 17.7 Å². The van der Waals surface area contributed by atoms with Crippen LogP contribution in [0.1, 0.15) is 35.8 Å². The van der Waals surface area contributed by atoms with Gasteiger partial charge in [0.2, 0.25) is 0 Å². The van der Waals surface area contributed by atoms with Crippen LogP contribution in [0.15, 0.2) is 43.0 Å². The molecule has 3 aromatic rings. The first-order valence-corrected chi connectivity index (χ1v) is 10.5. The van der Waals surface area contributed by atoms with E-state index in [2.05, 4.69) is 19.6 Å². The van der Waals surface area contributed by atoms with Gasteiger partial charge in [-0.1, -0.05) is 6.07 Å². The predicted molar refractivity (Wildman–Crippen MR) is 112 cm³/mol. The first-order valence-electron chi connectivity index (χ1n) is 8.98.